The number of hydrogen-bond donors (Lipinski definition) is 1. The third-order valence-electron chi connectivity index (χ3n) is 3.30. The van der Waals surface area contributed by atoms with Gasteiger partial charge in [-0.3, -0.25) is 0 Å². The summed E-state index contributed by atoms with van der Waals surface area (Å²) in [6.45, 7) is 0. The highest BCUT2D eigenvalue weighted by Gasteiger charge is 2.26. The number of nitrogens with zero attached hydrogens (tertiary/aromatic N) is 1. The SMILES string of the molecule is C[N+](C)(C)[C@@H](Cc1c[nH]c2ccccc12)C(=O)[O-].[Cl-]. The second kappa shape index (κ2) is 5.63. The Morgan fingerprint density at radius 2 is 1.95 bits per heavy atom. The number of para-hydroxylation sites is 1. The lowest BCUT2D eigenvalue weighted by Gasteiger charge is -2.34. The van der Waals surface area contributed by atoms with Gasteiger partial charge in [0.15, 0.2) is 0 Å². The number of quaternary nitrogens is 1. The van der Waals surface area contributed by atoms with Crippen LogP contribution in [0, 0.1) is 0 Å². The van der Waals surface area contributed by atoms with Crippen LogP contribution in [-0.2, 0) is 11.2 Å². The third kappa shape index (κ3) is 3.28. The highest BCUT2D eigenvalue weighted by atomic mass is 35.5. The summed E-state index contributed by atoms with van der Waals surface area (Å²) in [4.78, 5) is 14.4. The third-order valence-corrected chi connectivity index (χ3v) is 3.30. The normalized spacial score (nSPS) is 13.0. The minimum atomic E-state index is -1.01. The second-order valence-corrected chi connectivity index (χ2v) is 5.51. The summed E-state index contributed by atoms with van der Waals surface area (Å²) in [5.41, 5.74) is 2.05. The second-order valence-electron chi connectivity index (χ2n) is 5.51. The fraction of sp³-hybridized carbons (Fsp3) is 0.357. The Balaban J connectivity index is 0.00000180. The molecule has 1 N–H and O–H groups in total. The van der Waals surface area contributed by atoms with E-state index in [0.29, 0.717) is 10.9 Å². The predicted molar refractivity (Wildman–Crippen MR) is 68.8 cm³/mol. The molecule has 0 unspecified atom stereocenters. The van der Waals surface area contributed by atoms with E-state index in [0.717, 1.165) is 16.5 Å². The molecule has 2 rings (SSSR count). The van der Waals surface area contributed by atoms with E-state index < -0.39 is 12.0 Å². The molecule has 4 nitrogen and oxygen atoms in total. The molecule has 0 bridgehead atoms. The largest absolute Gasteiger partial charge is 1.00 e. The summed E-state index contributed by atoms with van der Waals surface area (Å²) in [5.74, 6) is -1.01. The Kier molecular flexibility index (Phi) is 4.61. The van der Waals surface area contributed by atoms with E-state index in [2.05, 4.69) is 4.98 Å². The number of likely N-dealkylation sites (N-methyl/N-ethyl adjacent to an activating group) is 1. The summed E-state index contributed by atoms with van der Waals surface area (Å²) in [6.07, 6.45) is 2.35. The van der Waals surface area contributed by atoms with E-state index in [1.54, 1.807) is 0 Å². The van der Waals surface area contributed by atoms with Crippen molar-refractivity contribution in [1.29, 1.82) is 0 Å². The highest BCUT2D eigenvalue weighted by molar-refractivity contribution is 5.84. The summed E-state index contributed by atoms with van der Waals surface area (Å²) in [7, 11) is 5.61. The van der Waals surface area contributed by atoms with Gasteiger partial charge in [-0.05, 0) is 11.6 Å². The van der Waals surface area contributed by atoms with Gasteiger partial charge in [0, 0.05) is 23.5 Å². The number of hydrogen-bond acceptors (Lipinski definition) is 2. The van der Waals surface area contributed by atoms with Gasteiger partial charge in [0.1, 0.15) is 6.04 Å². The smallest absolute Gasteiger partial charge is 0.133 e. The quantitative estimate of drug-likeness (QED) is 0.632. The first-order chi connectivity index (χ1) is 8.39. The maximum absolute atomic E-state index is 11.3. The van der Waals surface area contributed by atoms with Crippen molar-refractivity contribution in [3.63, 3.8) is 0 Å². The number of carbonyl (C=O) groups is 1. The summed E-state index contributed by atoms with van der Waals surface area (Å²) < 4.78 is 0.349. The fourth-order valence-electron chi connectivity index (χ4n) is 2.18. The van der Waals surface area contributed by atoms with Gasteiger partial charge in [-0.1, -0.05) is 18.2 Å². The number of carbonyl (C=O) groups excluding carboxylic acids is 1. The van der Waals surface area contributed by atoms with E-state index >= 15 is 0 Å². The molecule has 0 aliphatic heterocycles. The van der Waals surface area contributed by atoms with E-state index in [1.165, 1.54) is 0 Å². The minimum absolute atomic E-state index is 0. The zero-order valence-electron chi connectivity index (χ0n) is 11.3. The maximum atomic E-state index is 11.3. The van der Waals surface area contributed by atoms with Crippen LogP contribution in [0.3, 0.4) is 0 Å². The number of nitrogens with one attached hydrogen (secondary N) is 1. The lowest BCUT2D eigenvalue weighted by atomic mass is 10.0. The highest BCUT2D eigenvalue weighted by Crippen LogP contribution is 2.21. The van der Waals surface area contributed by atoms with Crippen LogP contribution in [0.1, 0.15) is 5.56 Å². The fourth-order valence-corrected chi connectivity index (χ4v) is 2.18. The zero-order chi connectivity index (χ0) is 13.3. The monoisotopic (exact) mass is 281 g/mol. The molecule has 104 valence electrons. The van der Waals surface area contributed by atoms with Crippen molar-refractivity contribution < 1.29 is 26.8 Å². The molecule has 0 saturated carbocycles. The Morgan fingerprint density at radius 1 is 1.32 bits per heavy atom. The molecule has 0 radical (unpaired) electrons. The first-order valence-corrected chi connectivity index (χ1v) is 5.96. The van der Waals surface area contributed by atoms with Gasteiger partial charge in [0.05, 0.1) is 27.1 Å². The maximum Gasteiger partial charge on any atom is 0.133 e. The number of rotatable bonds is 4. The van der Waals surface area contributed by atoms with Gasteiger partial charge in [-0.2, -0.15) is 0 Å². The summed E-state index contributed by atoms with van der Waals surface area (Å²) >= 11 is 0. The van der Waals surface area contributed by atoms with Crippen LogP contribution in [0.25, 0.3) is 10.9 Å². The molecule has 2 aromatic rings. The molecule has 1 atom stereocenters. The average molecular weight is 282 g/mol. The van der Waals surface area contributed by atoms with Crippen molar-refractivity contribution in [2.45, 2.75) is 12.5 Å². The number of carboxylic acids is 1. The molecule has 0 aliphatic carbocycles. The standard InChI is InChI=1S/C14H18N2O2.ClH/c1-16(2,3)13(14(17)18)8-10-9-15-12-7-5-4-6-11(10)12;/h4-7,9,13,15H,8H2,1-3H3;1H/p-1/t13-;/m0./s1. The van der Waals surface area contributed by atoms with Crippen molar-refractivity contribution in [3.8, 4) is 0 Å². The molecular formula is C14H18ClN2O2-. The van der Waals surface area contributed by atoms with Crippen molar-refractivity contribution in [3.05, 3.63) is 36.0 Å². The van der Waals surface area contributed by atoms with Gasteiger partial charge in [-0.15, -0.1) is 0 Å². The number of halogens is 1. The zero-order valence-corrected chi connectivity index (χ0v) is 12.1. The summed E-state index contributed by atoms with van der Waals surface area (Å²) in [6, 6.07) is 7.35. The van der Waals surface area contributed by atoms with Crippen molar-refractivity contribution in [1.82, 2.24) is 4.98 Å². The molecule has 19 heavy (non-hydrogen) atoms. The predicted octanol–water partition coefficient (Wildman–Crippen LogP) is -2.46. The van der Waals surface area contributed by atoms with Crippen molar-refractivity contribution in [2.24, 2.45) is 0 Å². The molecule has 0 amide bonds. The number of aromatic amines is 1. The molecule has 5 heteroatoms. The van der Waals surface area contributed by atoms with Crippen molar-refractivity contribution in [2.75, 3.05) is 21.1 Å². The van der Waals surface area contributed by atoms with Crippen LogP contribution in [0.15, 0.2) is 30.5 Å². The molecule has 1 aromatic carbocycles. The molecule has 0 fully saturated rings. The lowest BCUT2D eigenvalue weighted by molar-refractivity contribution is -0.889. The number of H-pyrrole nitrogens is 1. The van der Waals surface area contributed by atoms with Gasteiger partial charge in [0.2, 0.25) is 0 Å². The van der Waals surface area contributed by atoms with Crippen LogP contribution in [0.5, 0.6) is 0 Å². The van der Waals surface area contributed by atoms with Crippen LogP contribution in [0.2, 0.25) is 0 Å². The number of aromatic nitrogens is 1. The number of benzene rings is 1. The first-order valence-electron chi connectivity index (χ1n) is 5.96. The average Bonchev–Trinajstić information content (AvgIpc) is 2.67. The van der Waals surface area contributed by atoms with Crippen LogP contribution >= 0.6 is 0 Å². The van der Waals surface area contributed by atoms with Gasteiger partial charge in [-0.25, -0.2) is 0 Å². The van der Waals surface area contributed by atoms with Crippen LogP contribution in [-0.4, -0.2) is 42.6 Å². The Bertz CT molecular complexity index is 572. The molecule has 0 spiro atoms. The van der Waals surface area contributed by atoms with Gasteiger partial charge < -0.3 is 31.8 Å². The van der Waals surface area contributed by atoms with E-state index in [1.807, 2.05) is 51.6 Å². The van der Waals surface area contributed by atoms with Gasteiger partial charge in [0.25, 0.3) is 0 Å². The van der Waals surface area contributed by atoms with Crippen molar-refractivity contribution >= 4 is 16.9 Å². The van der Waals surface area contributed by atoms with Crippen LogP contribution < -0.4 is 17.5 Å². The number of carboxylic acid groups (broad SMARTS) is 1. The van der Waals surface area contributed by atoms with Crippen LogP contribution in [0.4, 0.5) is 0 Å². The Hall–Kier alpha value is -1.52. The molecular weight excluding hydrogens is 264 g/mol. The van der Waals surface area contributed by atoms with E-state index in [4.69, 9.17) is 0 Å². The minimum Gasteiger partial charge on any atom is -1.00 e. The number of aliphatic carboxylic acids is 1. The van der Waals surface area contributed by atoms with Gasteiger partial charge >= 0.3 is 0 Å². The number of fused-ring (bicyclic) bond motifs is 1. The lowest BCUT2D eigenvalue weighted by Crippen LogP contribution is -3.00. The first kappa shape index (κ1) is 15.5. The Labute approximate surface area is 119 Å². The topological polar surface area (TPSA) is 55.9 Å². The molecule has 0 saturated heterocycles. The Morgan fingerprint density at radius 3 is 2.53 bits per heavy atom. The van der Waals surface area contributed by atoms with E-state index in [-0.39, 0.29) is 12.4 Å². The molecule has 0 aliphatic rings. The molecule has 1 heterocycles. The summed E-state index contributed by atoms with van der Waals surface area (Å²) in [5, 5.41) is 12.4. The molecule has 1 aromatic heterocycles. The van der Waals surface area contributed by atoms with E-state index in [9.17, 15) is 9.90 Å².